The summed E-state index contributed by atoms with van der Waals surface area (Å²) < 4.78 is 0. The van der Waals surface area contributed by atoms with Crippen molar-refractivity contribution in [1.29, 1.82) is 0 Å². The molecule has 126 valence electrons. The van der Waals surface area contributed by atoms with Gasteiger partial charge in [-0.1, -0.05) is 48.5 Å². The number of pyridine rings is 1. The van der Waals surface area contributed by atoms with E-state index in [2.05, 4.69) is 10.3 Å². The van der Waals surface area contributed by atoms with Crippen LogP contribution in [0.2, 0.25) is 0 Å². The molecule has 3 rings (SSSR count). The average Bonchev–Trinajstić information content (AvgIpc) is 2.63. The van der Waals surface area contributed by atoms with Crippen molar-refractivity contribution in [2.75, 3.05) is 12.4 Å². The number of carbonyl (C=O) groups is 2. The smallest absolute Gasteiger partial charge is 0.233 e. The molecule has 0 saturated carbocycles. The topological polar surface area (TPSA) is 62.3 Å². The van der Waals surface area contributed by atoms with Gasteiger partial charge in [-0.2, -0.15) is 0 Å². The first-order valence-corrected chi connectivity index (χ1v) is 8.05. The van der Waals surface area contributed by atoms with Crippen LogP contribution < -0.4 is 5.32 Å². The lowest BCUT2D eigenvalue weighted by Crippen LogP contribution is -2.30. The summed E-state index contributed by atoms with van der Waals surface area (Å²) in [7, 11) is 1.70. The molecule has 5 nitrogen and oxygen atoms in total. The van der Waals surface area contributed by atoms with Crippen LogP contribution in [0.5, 0.6) is 0 Å². The third kappa shape index (κ3) is 4.20. The maximum absolute atomic E-state index is 12.3. The van der Waals surface area contributed by atoms with Crippen molar-refractivity contribution in [3.8, 4) is 0 Å². The lowest BCUT2D eigenvalue weighted by atomic mass is 10.2. The van der Waals surface area contributed by atoms with Crippen molar-refractivity contribution in [2.45, 2.75) is 13.0 Å². The molecule has 0 aliphatic carbocycles. The molecule has 0 aliphatic heterocycles. The van der Waals surface area contributed by atoms with Gasteiger partial charge in [-0.3, -0.25) is 14.6 Å². The lowest BCUT2D eigenvalue weighted by Gasteiger charge is -2.17. The molecule has 0 radical (unpaired) electrons. The molecule has 0 atom stereocenters. The minimum Gasteiger partial charge on any atom is -0.341 e. The maximum atomic E-state index is 12.3. The Kier molecular flexibility index (Phi) is 5.04. The second kappa shape index (κ2) is 7.57. The Balaban J connectivity index is 1.62. The average molecular weight is 333 g/mol. The summed E-state index contributed by atoms with van der Waals surface area (Å²) >= 11 is 0. The van der Waals surface area contributed by atoms with E-state index in [4.69, 9.17) is 0 Å². The molecule has 5 heteroatoms. The number of carbonyl (C=O) groups excluding carboxylic acids is 2. The van der Waals surface area contributed by atoms with Crippen LogP contribution >= 0.6 is 0 Å². The lowest BCUT2D eigenvalue weighted by molar-refractivity contribution is -0.133. The Morgan fingerprint density at radius 3 is 2.56 bits per heavy atom. The zero-order chi connectivity index (χ0) is 17.6. The van der Waals surface area contributed by atoms with Gasteiger partial charge in [0.1, 0.15) is 6.42 Å². The van der Waals surface area contributed by atoms with Gasteiger partial charge in [-0.25, -0.2) is 0 Å². The van der Waals surface area contributed by atoms with Gasteiger partial charge in [0.15, 0.2) is 0 Å². The van der Waals surface area contributed by atoms with E-state index in [1.54, 1.807) is 24.2 Å². The molecule has 0 fully saturated rings. The first-order chi connectivity index (χ1) is 12.1. The number of aromatic nitrogens is 1. The highest BCUT2D eigenvalue weighted by atomic mass is 16.2. The molecule has 0 spiro atoms. The largest absolute Gasteiger partial charge is 0.341 e. The van der Waals surface area contributed by atoms with E-state index in [1.165, 1.54) is 0 Å². The highest BCUT2D eigenvalue weighted by Crippen LogP contribution is 2.20. The van der Waals surface area contributed by atoms with E-state index >= 15 is 0 Å². The Morgan fingerprint density at radius 2 is 1.76 bits per heavy atom. The summed E-state index contributed by atoms with van der Waals surface area (Å²) in [5, 5.41) is 3.72. The van der Waals surface area contributed by atoms with Gasteiger partial charge >= 0.3 is 0 Å². The minimum absolute atomic E-state index is 0.202. The van der Waals surface area contributed by atoms with E-state index in [0.29, 0.717) is 17.7 Å². The van der Waals surface area contributed by atoms with Gasteiger partial charge in [0.2, 0.25) is 11.8 Å². The molecule has 3 aromatic rings. The van der Waals surface area contributed by atoms with Crippen molar-refractivity contribution in [3.05, 3.63) is 72.4 Å². The molecule has 1 N–H and O–H groups in total. The van der Waals surface area contributed by atoms with Crippen molar-refractivity contribution in [3.63, 3.8) is 0 Å². The second-order valence-electron chi connectivity index (χ2n) is 5.84. The predicted octanol–water partition coefficient (Wildman–Crippen LogP) is 3.22. The summed E-state index contributed by atoms with van der Waals surface area (Å²) in [4.78, 5) is 30.3. The molecule has 1 aromatic heterocycles. The van der Waals surface area contributed by atoms with E-state index in [9.17, 15) is 9.59 Å². The first-order valence-electron chi connectivity index (χ1n) is 8.05. The van der Waals surface area contributed by atoms with Gasteiger partial charge in [0.25, 0.3) is 0 Å². The molecule has 25 heavy (non-hydrogen) atoms. The fraction of sp³-hybridized carbons (Fsp3) is 0.150. The monoisotopic (exact) mass is 333 g/mol. The third-order valence-electron chi connectivity index (χ3n) is 3.91. The number of fused-ring (bicyclic) bond motifs is 1. The second-order valence-corrected chi connectivity index (χ2v) is 5.84. The fourth-order valence-corrected chi connectivity index (χ4v) is 2.62. The zero-order valence-electron chi connectivity index (χ0n) is 14.0. The number of hydrogen-bond donors (Lipinski definition) is 1. The van der Waals surface area contributed by atoms with Crippen LogP contribution in [0.4, 0.5) is 5.69 Å². The van der Waals surface area contributed by atoms with Crippen LogP contribution in [0, 0.1) is 0 Å². The van der Waals surface area contributed by atoms with Crippen molar-refractivity contribution < 1.29 is 9.59 Å². The van der Waals surface area contributed by atoms with Gasteiger partial charge in [0.05, 0.1) is 11.2 Å². The Labute approximate surface area is 146 Å². The van der Waals surface area contributed by atoms with Crippen molar-refractivity contribution >= 4 is 28.4 Å². The number of anilines is 1. The highest BCUT2D eigenvalue weighted by Gasteiger charge is 2.15. The fourth-order valence-electron chi connectivity index (χ4n) is 2.62. The highest BCUT2D eigenvalue weighted by molar-refractivity contribution is 6.06. The van der Waals surface area contributed by atoms with Crippen LogP contribution in [-0.4, -0.2) is 28.7 Å². The number of nitrogens with zero attached hydrogens (tertiary/aromatic N) is 2. The van der Waals surface area contributed by atoms with E-state index in [0.717, 1.165) is 10.9 Å². The van der Waals surface area contributed by atoms with Crippen LogP contribution in [0.3, 0.4) is 0 Å². The van der Waals surface area contributed by atoms with Gasteiger partial charge < -0.3 is 10.2 Å². The molecular formula is C20H19N3O2. The molecule has 2 aromatic carbocycles. The number of rotatable bonds is 5. The van der Waals surface area contributed by atoms with E-state index in [1.807, 2.05) is 54.6 Å². The molecule has 2 amide bonds. The van der Waals surface area contributed by atoms with Gasteiger partial charge in [-0.05, 0) is 17.7 Å². The zero-order valence-corrected chi connectivity index (χ0v) is 14.0. The maximum Gasteiger partial charge on any atom is 0.233 e. The first kappa shape index (κ1) is 16.6. The molecule has 0 aliphatic rings. The molecule has 1 heterocycles. The SMILES string of the molecule is CN(Cc1ccccc1)C(=O)CC(=O)Nc1cccc2cccnc12. The number of nitrogens with one attached hydrogen (secondary N) is 1. The Morgan fingerprint density at radius 1 is 1.00 bits per heavy atom. The Hall–Kier alpha value is -3.21. The van der Waals surface area contributed by atoms with Crippen molar-refractivity contribution in [2.24, 2.45) is 0 Å². The van der Waals surface area contributed by atoms with Crippen LogP contribution in [0.25, 0.3) is 10.9 Å². The molecule has 0 bridgehead atoms. The predicted molar refractivity (Wildman–Crippen MR) is 97.9 cm³/mol. The normalized spacial score (nSPS) is 10.4. The summed E-state index contributed by atoms with van der Waals surface area (Å²) in [5.41, 5.74) is 2.35. The summed E-state index contributed by atoms with van der Waals surface area (Å²) in [5.74, 6) is -0.572. The summed E-state index contributed by atoms with van der Waals surface area (Å²) in [6.45, 7) is 0.475. The van der Waals surface area contributed by atoms with Crippen LogP contribution in [0.1, 0.15) is 12.0 Å². The van der Waals surface area contributed by atoms with Crippen LogP contribution in [0.15, 0.2) is 66.9 Å². The number of para-hydroxylation sites is 1. The number of benzene rings is 2. The van der Waals surface area contributed by atoms with Gasteiger partial charge in [-0.15, -0.1) is 0 Å². The quantitative estimate of drug-likeness (QED) is 0.729. The standard InChI is InChI=1S/C20H19N3O2/c1-23(14-15-7-3-2-4-8-15)19(25)13-18(24)22-17-11-5-9-16-10-6-12-21-20(16)17/h2-12H,13-14H2,1H3,(H,22,24). The van der Waals surface area contributed by atoms with Gasteiger partial charge in [0, 0.05) is 25.2 Å². The summed E-state index contributed by atoms with van der Waals surface area (Å²) in [6.07, 6.45) is 1.48. The molecule has 0 saturated heterocycles. The van der Waals surface area contributed by atoms with Crippen molar-refractivity contribution in [1.82, 2.24) is 9.88 Å². The number of hydrogen-bond acceptors (Lipinski definition) is 3. The molecular weight excluding hydrogens is 314 g/mol. The molecule has 0 unspecified atom stereocenters. The number of amides is 2. The minimum atomic E-state index is -0.344. The van der Waals surface area contributed by atoms with Crippen LogP contribution in [-0.2, 0) is 16.1 Å². The summed E-state index contributed by atoms with van der Waals surface area (Å²) in [6, 6.07) is 19.0. The van der Waals surface area contributed by atoms with E-state index < -0.39 is 0 Å². The third-order valence-corrected chi connectivity index (χ3v) is 3.91. The Bertz CT molecular complexity index is 888. The van der Waals surface area contributed by atoms with E-state index in [-0.39, 0.29) is 18.2 Å².